The summed E-state index contributed by atoms with van der Waals surface area (Å²) in [6, 6.07) is 3.90. The molecular formula is C26H45NO. The second kappa shape index (κ2) is 19.0. The summed E-state index contributed by atoms with van der Waals surface area (Å²) in [5.74, 6) is 0. The third kappa shape index (κ3) is 14.7. The molecule has 1 N–H and O–H groups in total. The fraction of sp³-hybridized carbons (Fsp3) is 0.731. The molecule has 160 valence electrons. The van der Waals surface area contributed by atoms with E-state index < -0.39 is 0 Å². The minimum absolute atomic E-state index is 0.695. The Morgan fingerprint density at radius 2 is 1.18 bits per heavy atom. The first-order valence-electron chi connectivity index (χ1n) is 12.1. The zero-order chi connectivity index (χ0) is 20.1. The molecule has 0 bridgehead atoms. The maximum atomic E-state index is 10.6. The van der Waals surface area contributed by atoms with E-state index in [1.54, 1.807) is 0 Å². The molecular weight excluding hydrogens is 342 g/mol. The lowest BCUT2D eigenvalue weighted by Crippen LogP contribution is -1.87. The van der Waals surface area contributed by atoms with Crippen molar-refractivity contribution in [2.75, 3.05) is 0 Å². The van der Waals surface area contributed by atoms with Crippen molar-refractivity contribution < 1.29 is 4.79 Å². The van der Waals surface area contributed by atoms with Gasteiger partial charge in [-0.2, -0.15) is 0 Å². The zero-order valence-electron chi connectivity index (χ0n) is 18.5. The highest BCUT2D eigenvalue weighted by Gasteiger charge is 1.98. The average Bonchev–Trinajstić information content (AvgIpc) is 3.18. The number of aromatic nitrogens is 1. The van der Waals surface area contributed by atoms with Crippen LogP contribution in [-0.2, 0) is 6.42 Å². The van der Waals surface area contributed by atoms with Crippen LogP contribution in [0.25, 0.3) is 0 Å². The van der Waals surface area contributed by atoms with Crippen molar-refractivity contribution in [2.24, 2.45) is 0 Å². The molecule has 1 rings (SSSR count). The van der Waals surface area contributed by atoms with Gasteiger partial charge >= 0.3 is 0 Å². The zero-order valence-corrected chi connectivity index (χ0v) is 18.5. The van der Waals surface area contributed by atoms with E-state index in [1.165, 1.54) is 115 Å². The number of allylic oxidation sites excluding steroid dienone is 2. The minimum atomic E-state index is 0.695. The highest BCUT2D eigenvalue weighted by Crippen LogP contribution is 2.12. The summed E-state index contributed by atoms with van der Waals surface area (Å²) in [7, 11) is 0. The fourth-order valence-electron chi connectivity index (χ4n) is 3.77. The van der Waals surface area contributed by atoms with Gasteiger partial charge in [0, 0.05) is 5.69 Å². The molecule has 0 aromatic carbocycles. The van der Waals surface area contributed by atoms with E-state index in [0.29, 0.717) is 5.69 Å². The number of aldehydes is 1. The van der Waals surface area contributed by atoms with Crippen LogP contribution in [0.3, 0.4) is 0 Å². The molecule has 2 nitrogen and oxygen atoms in total. The van der Waals surface area contributed by atoms with Gasteiger partial charge in [0.1, 0.15) is 0 Å². The summed E-state index contributed by atoms with van der Waals surface area (Å²) in [6.07, 6.45) is 30.0. The number of aryl methyl sites for hydroxylation is 1. The molecule has 0 spiro atoms. The second-order valence-electron chi connectivity index (χ2n) is 8.31. The van der Waals surface area contributed by atoms with Crippen LogP contribution in [0.1, 0.15) is 132 Å². The Labute approximate surface area is 174 Å². The van der Waals surface area contributed by atoms with E-state index in [0.717, 1.165) is 12.7 Å². The molecule has 0 radical (unpaired) electrons. The second-order valence-corrected chi connectivity index (χ2v) is 8.31. The number of carbonyl (C=O) groups excluding carboxylic acids is 1. The van der Waals surface area contributed by atoms with Crippen LogP contribution in [0.2, 0.25) is 0 Å². The third-order valence-corrected chi connectivity index (χ3v) is 5.60. The number of carbonyl (C=O) groups is 1. The lowest BCUT2D eigenvalue weighted by atomic mass is 10.1. The van der Waals surface area contributed by atoms with Gasteiger partial charge in [0.05, 0.1) is 5.69 Å². The molecule has 2 heteroatoms. The Kier molecular flexibility index (Phi) is 16.8. The SMILES string of the molecule is CCCCCCCCCCC/C=C\CCCCCCCCc1ccc(C=O)[nH]1. The lowest BCUT2D eigenvalue weighted by Gasteiger charge is -2.01. The average molecular weight is 388 g/mol. The van der Waals surface area contributed by atoms with E-state index in [4.69, 9.17) is 0 Å². The van der Waals surface area contributed by atoms with E-state index in [-0.39, 0.29) is 0 Å². The van der Waals surface area contributed by atoms with Crippen LogP contribution in [0.4, 0.5) is 0 Å². The Hall–Kier alpha value is -1.31. The van der Waals surface area contributed by atoms with Crippen LogP contribution in [0.15, 0.2) is 24.3 Å². The molecule has 28 heavy (non-hydrogen) atoms. The van der Waals surface area contributed by atoms with Gasteiger partial charge in [0.15, 0.2) is 6.29 Å². The number of unbranched alkanes of at least 4 members (excludes halogenated alkanes) is 15. The predicted molar refractivity (Wildman–Crippen MR) is 123 cm³/mol. The van der Waals surface area contributed by atoms with Crippen LogP contribution < -0.4 is 0 Å². The van der Waals surface area contributed by atoms with Gasteiger partial charge in [-0.15, -0.1) is 0 Å². The van der Waals surface area contributed by atoms with Gasteiger partial charge in [-0.05, 0) is 50.7 Å². The summed E-state index contributed by atoms with van der Waals surface area (Å²) in [4.78, 5) is 13.8. The van der Waals surface area contributed by atoms with Crippen molar-refractivity contribution in [3.63, 3.8) is 0 Å². The number of nitrogens with one attached hydrogen (secondary N) is 1. The Morgan fingerprint density at radius 1 is 0.679 bits per heavy atom. The molecule has 0 aliphatic heterocycles. The number of H-pyrrole nitrogens is 1. The molecule has 0 saturated heterocycles. The van der Waals surface area contributed by atoms with Gasteiger partial charge in [0.25, 0.3) is 0 Å². The van der Waals surface area contributed by atoms with Crippen molar-refractivity contribution in [3.8, 4) is 0 Å². The van der Waals surface area contributed by atoms with Gasteiger partial charge in [0.2, 0.25) is 0 Å². The number of hydrogen-bond donors (Lipinski definition) is 1. The highest BCUT2D eigenvalue weighted by molar-refractivity contribution is 5.71. The number of aromatic amines is 1. The molecule has 1 heterocycles. The van der Waals surface area contributed by atoms with E-state index in [9.17, 15) is 4.79 Å². The fourth-order valence-corrected chi connectivity index (χ4v) is 3.77. The first kappa shape index (κ1) is 24.7. The van der Waals surface area contributed by atoms with Crippen LogP contribution in [-0.4, -0.2) is 11.3 Å². The van der Waals surface area contributed by atoms with E-state index in [2.05, 4.69) is 24.1 Å². The predicted octanol–water partition coefficient (Wildman–Crippen LogP) is 8.58. The summed E-state index contributed by atoms with van der Waals surface area (Å²) in [6.45, 7) is 2.29. The molecule has 0 aliphatic rings. The first-order valence-corrected chi connectivity index (χ1v) is 12.1. The topological polar surface area (TPSA) is 32.9 Å². The van der Waals surface area contributed by atoms with Gasteiger partial charge in [-0.25, -0.2) is 0 Å². The third-order valence-electron chi connectivity index (χ3n) is 5.60. The minimum Gasteiger partial charge on any atom is -0.356 e. The largest absolute Gasteiger partial charge is 0.356 e. The maximum absolute atomic E-state index is 10.6. The molecule has 1 aromatic heterocycles. The van der Waals surface area contributed by atoms with Crippen molar-refractivity contribution in [2.45, 2.75) is 122 Å². The highest BCUT2D eigenvalue weighted by atomic mass is 16.1. The van der Waals surface area contributed by atoms with Crippen molar-refractivity contribution in [1.82, 2.24) is 4.98 Å². The lowest BCUT2D eigenvalue weighted by molar-refractivity contribution is 0.111. The summed E-state index contributed by atoms with van der Waals surface area (Å²) in [5.41, 5.74) is 1.89. The standard InChI is InChI=1S/C26H45NO/c1-2-3-4-5-6-7-8-9-10-11-12-13-14-15-16-17-18-19-20-21-25-22-23-26(24-28)27-25/h12-13,22-24,27H,2-11,14-21H2,1H3/b13-12-. The van der Waals surface area contributed by atoms with E-state index in [1.807, 2.05) is 12.1 Å². The quantitative estimate of drug-likeness (QED) is 0.136. The van der Waals surface area contributed by atoms with Crippen molar-refractivity contribution in [3.05, 3.63) is 35.7 Å². The Balaban J connectivity index is 1.75. The summed E-state index contributed by atoms with van der Waals surface area (Å²) < 4.78 is 0. The van der Waals surface area contributed by atoms with Crippen LogP contribution in [0, 0.1) is 0 Å². The number of rotatable bonds is 20. The Morgan fingerprint density at radius 3 is 1.68 bits per heavy atom. The molecule has 1 aromatic rings. The Bertz CT molecular complexity index is 488. The molecule has 0 fully saturated rings. The smallest absolute Gasteiger partial charge is 0.166 e. The molecule has 0 saturated carbocycles. The van der Waals surface area contributed by atoms with Gasteiger partial charge in [-0.1, -0.05) is 96.1 Å². The van der Waals surface area contributed by atoms with Crippen LogP contribution in [0.5, 0.6) is 0 Å². The number of hydrogen-bond acceptors (Lipinski definition) is 1. The molecule has 0 amide bonds. The molecule has 0 unspecified atom stereocenters. The molecule has 0 atom stereocenters. The molecule has 0 aliphatic carbocycles. The summed E-state index contributed by atoms with van der Waals surface area (Å²) in [5, 5.41) is 0. The van der Waals surface area contributed by atoms with Crippen molar-refractivity contribution >= 4 is 6.29 Å². The van der Waals surface area contributed by atoms with Gasteiger partial charge < -0.3 is 4.98 Å². The maximum Gasteiger partial charge on any atom is 0.166 e. The normalized spacial score (nSPS) is 11.5. The summed E-state index contributed by atoms with van der Waals surface area (Å²) >= 11 is 0. The van der Waals surface area contributed by atoms with E-state index >= 15 is 0 Å². The van der Waals surface area contributed by atoms with Gasteiger partial charge in [-0.3, -0.25) is 4.79 Å². The van der Waals surface area contributed by atoms with Crippen molar-refractivity contribution in [1.29, 1.82) is 0 Å². The van der Waals surface area contributed by atoms with Crippen LogP contribution >= 0.6 is 0 Å². The monoisotopic (exact) mass is 387 g/mol. The first-order chi connectivity index (χ1) is 13.9.